The third kappa shape index (κ3) is 14.4. The van der Waals surface area contributed by atoms with Gasteiger partial charge in [0.05, 0.1) is 0 Å². The summed E-state index contributed by atoms with van der Waals surface area (Å²) in [6.45, 7) is 17.2. The van der Waals surface area contributed by atoms with E-state index in [2.05, 4.69) is 83.2 Å². The Morgan fingerprint density at radius 3 is 1.88 bits per heavy atom. The van der Waals surface area contributed by atoms with E-state index >= 15 is 0 Å². The van der Waals surface area contributed by atoms with Crippen LogP contribution in [-0.2, 0) is 14.3 Å². The van der Waals surface area contributed by atoms with E-state index in [1.54, 1.807) is 0 Å². The minimum Gasteiger partial charge on any atom is -0.454 e. The number of esters is 1. The van der Waals surface area contributed by atoms with Crippen molar-refractivity contribution in [2.45, 2.75) is 80.8 Å². The van der Waals surface area contributed by atoms with Gasteiger partial charge in [0.15, 0.2) is 11.9 Å². The van der Waals surface area contributed by atoms with Crippen LogP contribution in [0.25, 0.3) is 0 Å². The van der Waals surface area contributed by atoms with E-state index < -0.39 is 6.10 Å². The normalized spacial score (nSPS) is 19.7. The maximum atomic E-state index is 13.0. The molecule has 0 spiro atoms. The average molecular weight is 572 g/mol. The van der Waals surface area contributed by atoms with Gasteiger partial charge in [-0.15, -0.1) is 0 Å². The molecule has 0 radical (unpaired) electrons. The van der Waals surface area contributed by atoms with Crippen molar-refractivity contribution in [3.05, 3.63) is 119 Å². The molecule has 228 valence electrons. The van der Waals surface area contributed by atoms with Gasteiger partial charge in [-0.05, 0) is 85.2 Å². The second-order valence-electron chi connectivity index (χ2n) is 12.0. The van der Waals surface area contributed by atoms with Crippen molar-refractivity contribution in [3.63, 3.8) is 0 Å². The Hall–Kier alpha value is -3.50. The first kappa shape index (κ1) is 36.5. The highest BCUT2D eigenvalue weighted by Gasteiger charge is 2.39. The van der Waals surface area contributed by atoms with E-state index in [4.69, 9.17) is 4.74 Å². The van der Waals surface area contributed by atoms with Crippen LogP contribution in [0.5, 0.6) is 0 Å². The van der Waals surface area contributed by atoms with Gasteiger partial charge in [-0.2, -0.15) is 0 Å². The van der Waals surface area contributed by atoms with Crippen LogP contribution in [0, 0.1) is 5.41 Å². The fraction of sp³-hybridized carbons (Fsp3) is 0.421. The van der Waals surface area contributed by atoms with Crippen LogP contribution >= 0.6 is 0 Å². The number of carbonyl (C=O) groups is 2. The van der Waals surface area contributed by atoms with Gasteiger partial charge in [0.25, 0.3) is 0 Å². The lowest BCUT2D eigenvalue weighted by molar-refractivity contribution is -0.156. The largest absolute Gasteiger partial charge is 0.454 e. The summed E-state index contributed by atoms with van der Waals surface area (Å²) < 4.78 is 5.61. The lowest BCUT2D eigenvalue weighted by atomic mass is 9.71. The molecule has 0 amide bonds. The highest BCUT2D eigenvalue weighted by molar-refractivity contribution is 6.01. The quantitative estimate of drug-likeness (QED) is 0.154. The predicted molar refractivity (Wildman–Crippen MR) is 180 cm³/mol. The predicted octanol–water partition coefficient (Wildman–Crippen LogP) is 9.14. The SMILES string of the molecule is CC=CC(C)=CC=CC(C)=CC=CC=C(C)C=CC=C(C)C=CC1=C(C)C(=O)C(OC(=O)CCCN(C)C)CC1(C)C. The number of nitrogens with zero attached hydrogens (tertiary/aromatic N) is 1. The van der Waals surface area contributed by atoms with Gasteiger partial charge in [-0.1, -0.05) is 121 Å². The first-order valence-electron chi connectivity index (χ1n) is 14.9. The Balaban J connectivity index is 2.79. The Morgan fingerprint density at radius 2 is 1.36 bits per heavy atom. The zero-order chi connectivity index (χ0) is 31.7. The minimum absolute atomic E-state index is 0.0947. The molecular weight excluding hydrogens is 518 g/mol. The summed E-state index contributed by atoms with van der Waals surface area (Å²) in [6.07, 6.45) is 29.7. The molecular formula is C38H53NO3. The molecule has 1 aliphatic rings. The lowest BCUT2D eigenvalue weighted by Crippen LogP contribution is -2.39. The molecule has 0 N–H and O–H groups in total. The summed E-state index contributed by atoms with van der Waals surface area (Å²) in [5, 5.41) is 0. The van der Waals surface area contributed by atoms with Crippen molar-refractivity contribution in [2.75, 3.05) is 20.6 Å². The van der Waals surface area contributed by atoms with Crippen molar-refractivity contribution in [1.82, 2.24) is 4.90 Å². The third-order valence-electron chi connectivity index (χ3n) is 6.96. The highest BCUT2D eigenvalue weighted by atomic mass is 16.5. The molecule has 0 aliphatic heterocycles. The standard InChI is InChI=1S/C38H53NO3/c1-11-17-29(2)20-14-21-30(3)18-12-13-19-31(4)22-15-23-32(5)25-26-34-33(6)37(41)35(28-38(34,7)8)42-36(40)24-16-27-39(9)10/h11-15,17-23,25-26,35H,16,24,27-28H2,1-10H3. The molecule has 0 aromatic carbocycles. The van der Waals surface area contributed by atoms with Gasteiger partial charge in [-0.3, -0.25) is 9.59 Å². The molecule has 0 aromatic rings. The Labute approximate surface area is 256 Å². The van der Waals surface area contributed by atoms with Crippen LogP contribution in [0.3, 0.4) is 0 Å². The van der Waals surface area contributed by atoms with Crippen LogP contribution in [-0.4, -0.2) is 43.4 Å². The molecule has 1 aliphatic carbocycles. The summed E-state index contributed by atoms with van der Waals surface area (Å²) in [6, 6.07) is 0. The summed E-state index contributed by atoms with van der Waals surface area (Å²) in [7, 11) is 3.94. The molecule has 1 rings (SSSR count). The van der Waals surface area contributed by atoms with E-state index in [9.17, 15) is 9.59 Å². The van der Waals surface area contributed by atoms with Gasteiger partial charge < -0.3 is 9.64 Å². The van der Waals surface area contributed by atoms with Crippen LogP contribution in [0.15, 0.2) is 119 Å². The number of ether oxygens (including phenoxy) is 1. The van der Waals surface area contributed by atoms with Gasteiger partial charge in [-0.25, -0.2) is 0 Å². The maximum absolute atomic E-state index is 13.0. The first-order valence-corrected chi connectivity index (χ1v) is 14.9. The molecule has 4 nitrogen and oxygen atoms in total. The number of allylic oxidation sites excluding steroid dienone is 19. The summed E-state index contributed by atoms with van der Waals surface area (Å²) in [4.78, 5) is 27.4. The zero-order valence-corrected chi connectivity index (χ0v) is 27.7. The van der Waals surface area contributed by atoms with Crippen molar-refractivity contribution in [2.24, 2.45) is 5.41 Å². The number of rotatable bonds is 14. The van der Waals surface area contributed by atoms with Crippen molar-refractivity contribution in [3.8, 4) is 0 Å². The topological polar surface area (TPSA) is 46.6 Å². The Kier molecular flexibility index (Phi) is 16.4. The molecule has 1 atom stereocenters. The molecule has 0 heterocycles. The molecule has 0 saturated carbocycles. The summed E-state index contributed by atoms with van der Waals surface area (Å²) in [5.41, 5.74) is 6.01. The number of Topliss-reactive ketones (excluding diaryl/α,β-unsaturated/α-hetero) is 1. The number of ketones is 1. The van der Waals surface area contributed by atoms with Crippen LogP contribution in [0.2, 0.25) is 0 Å². The smallest absolute Gasteiger partial charge is 0.306 e. The van der Waals surface area contributed by atoms with Gasteiger partial charge in [0, 0.05) is 12.8 Å². The summed E-state index contributed by atoms with van der Waals surface area (Å²) >= 11 is 0. The van der Waals surface area contributed by atoms with E-state index in [-0.39, 0.29) is 17.2 Å². The lowest BCUT2D eigenvalue weighted by Gasteiger charge is -2.36. The number of hydrogen-bond acceptors (Lipinski definition) is 4. The minimum atomic E-state index is -0.710. The van der Waals surface area contributed by atoms with E-state index in [1.807, 2.05) is 76.2 Å². The number of carbonyl (C=O) groups excluding carboxylic acids is 2. The van der Waals surface area contributed by atoms with Gasteiger partial charge >= 0.3 is 5.97 Å². The molecule has 42 heavy (non-hydrogen) atoms. The first-order chi connectivity index (χ1) is 19.8. The second kappa shape index (κ2) is 18.8. The van der Waals surface area contributed by atoms with Crippen LogP contribution in [0.1, 0.15) is 74.7 Å². The van der Waals surface area contributed by atoms with Crippen molar-refractivity contribution < 1.29 is 14.3 Å². The molecule has 0 saturated heterocycles. The van der Waals surface area contributed by atoms with Crippen molar-refractivity contribution in [1.29, 1.82) is 0 Å². The zero-order valence-electron chi connectivity index (χ0n) is 27.7. The molecule has 0 aromatic heterocycles. The van der Waals surface area contributed by atoms with E-state index in [0.717, 1.165) is 29.7 Å². The van der Waals surface area contributed by atoms with E-state index in [0.29, 0.717) is 18.4 Å². The second-order valence-corrected chi connectivity index (χ2v) is 12.0. The average Bonchev–Trinajstić information content (AvgIpc) is 2.89. The van der Waals surface area contributed by atoms with Crippen molar-refractivity contribution >= 4 is 11.8 Å². The molecule has 1 unspecified atom stereocenters. The van der Waals surface area contributed by atoms with Crippen LogP contribution < -0.4 is 0 Å². The van der Waals surface area contributed by atoms with Crippen LogP contribution in [0.4, 0.5) is 0 Å². The highest BCUT2D eigenvalue weighted by Crippen LogP contribution is 2.40. The van der Waals surface area contributed by atoms with E-state index in [1.165, 1.54) is 11.1 Å². The van der Waals surface area contributed by atoms with Gasteiger partial charge in [0.1, 0.15) is 0 Å². The summed E-state index contributed by atoms with van der Waals surface area (Å²) in [5.74, 6) is -0.395. The Morgan fingerprint density at radius 1 is 0.857 bits per heavy atom. The van der Waals surface area contributed by atoms with Gasteiger partial charge in [0.2, 0.25) is 0 Å². The maximum Gasteiger partial charge on any atom is 0.306 e. The third-order valence-corrected chi connectivity index (χ3v) is 6.96. The monoisotopic (exact) mass is 571 g/mol. The molecule has 0 bridgehead atoms. The molecule has 0 fully saturated rings. The number of hydrogen-bond donors (Lipinski definition) is 0. The Bertz CT molecular complexity index is 1240. The fourth-order valence-electron chi connectivity index (χ4n) is 4.57. The molecule has 4 heteroatoms. The fourth-order valence-corrected chi connectivity index (χ4v) is 4.57.